The van der Waals surface area contributed by atoms with E-state index in [2.05, 4.69) is 6.07 Å². The number of benzene rings is 2. The summed E-state index contributed by atoms with van der Waals surface area (Å²) in [6, 6.07) is 13.1. The summed E-state index contributed by atoms with van der Waals surface area (Å²) in [5, 5.41) is 9.09. The van der Waals surface area contributed by atoms with Crippen molar-refractivity contribution in [2.45, 2.75) is 13.8 Å². The largest absolute Gasteiger partial charge is 0.455 e. The Morgan fingerprint density at radius 3 is 2.61 bits per heavy atom. The minimum atomic E-state index is 0.525. The summed E-state index contributed by atoms with van der Waals surface area (Å²) >= 11 is 0. The highest BCUT2D eigenvalue weighted by Crippen LogP contribution is 2.31. The maximum absolute atomic E-state index is 9.09. The third-order valence-corrected chi connectivity index (χ3v) is 2.76. The Balaban J connectivity index is 2.46. The Morgan fingerprint density at radius 1 is 1.11 bits per heavy atom. The van der Waals surface area contributed by atoms with E-state index in [-0.39, 0.29) is 0 Å². The minimum absolute atomic E-state index is 0.525. The molecule has 0 radical (unpaired) electrons. The molecule has 0 saturated heterocycles. The van der Waals surface area contributed by atoms with Gasteiger partial charge in [0.1, 0.15) is 17.6 Å². The smallest absolute Gasteiger partial charge is 0.148 e. The highest BCUT2D eigenvalue weighted by atomic mass is 16.5. The summed E-state index contributed by atoms with van der Waals surface area (Å²) in [6.07, 6.45) is 0. The van der Waals surface area contributed by atoms with Crippen molar-refractivity contribution in [3.63, 3.8) is 0 Å². The van der Waals surface area contributed by atoms with Gasteiger partial charge in [-0.2, -0.15) is 5.26 Å². The number of para-hydroxylation sites is 1. The van der Waals surface area contributed by atoms with Crippen molar-refractivity contribution in [2.75, 3.05) is 5.73 Å². The maximum atomic E-state index is 9.09. The molecule has 2 aromatic rings. The van der Waals surface area contributed by atoms with Gasteiger partial charge >= 0.3 is 0 Å². The number of ether oxygens (including phenoxy) is 1. The van der Waals surface area contributed by atoms with Gasteiger partial charge in [-0.05, 0) is 37.1 Å². The van der Waals surface area contributed by atoms with Crippen molar-refractivity contribution in [2.24, 2.45) is 0 Å². The molecule has 0 aliphatic heterocycles. The first-order valence-electron chi connectivity index (χ1n) is 5.65. The van der Waals surface area contributed by atoms with Crippen LogP contribution in [0.2, 0.25) is 0 Å². The lowest BCUT2D eigenvalue weighted by atomic mass is 10.1. The average molecular weight is 238 g/mol. The van der Waals surface area contributed by atoms with Crippen LogP contribution < -0.4 is 10.5 Å². The van der Waals surface area contributed by atoms with Crippen LogP contribution in [-0.4, -0.2) is 0 Å². The molecule has 2 aromatic carbocycles. The fourth-order valence-corrected chi connectivity index (χ4v) is 1.71. The maximum Gasteiger partial charge on any atom is 0.148 e. The van der Waals surface area contributed by atoms with Crippen LogP contribution in [0.15, 0.2) is 36.4 Å². The fraction of sp³-hybridized carbons (Fsp3) is 0.133. The van der Waals surface area contributed by atoms with Crippen molar-refractivity contribution in [1.82, 2.24) is 0 Å². The van der Waals surface area contributed by atoms with E-state index in [1.807, 2.05) is 38.1 Å². The van der Waals surface area contributed by atoms with E-state index in [1.54, 1.807) is 12.1 Å². The highest BCUT2D eigenvalue weighted by Gasteiger charge is 2.09. The second kappa shape index (κ2) is 4.80. The van der Waals surface area contributed by atoms with Gasteiger partial charge in [0.15, 0.2) is 0 Å². The Kier molecular flexibility index (Phi) is 3.20. The van der Waals surface area contributed by atoms with Crippen molar-refractivity contribution in [3.05, 3.63) is 53.1 Å². The topological polar surface area (TPSA) is 59.0 Å². The molecule has 90 valence electrons. The third-order valence-electron chi connectivity index (χ3n) is 2.76. The number of nitriles is 1. The van der Waals surface area contributed by atoms with Gasteiger partial charge in [-0.25, -0.2) is 0 Å². The van der Waals surface area contributed by atoms with Gasteiger partial charge in [-0.15, -0.1) is 0 Å². The van der Waals surface area contributed by atoms with Crippen molar-refractivity contribution >= 4 is 5.69 Å². The van der Waals surface area contributed by atoms with Crippen LogP contribution in [0.3, 0.4) is 0 Å². The number of nitrogens with two attached hydrogens (primary N) is 1. The van der Waals surface area contributed by atoms with Crippen molar-refractivity contribution in [3.8, 4) is 17.6 Å². The third kappa shape index (κ3) is 2.28. The lowest BCUT2D eigenvalue weighted by molar-refractivity contribution is 0.474. The molecular weight excluding hydrogens is 224 g/mol. The second-order valence-electron chi connectivity index (χ2n) is 4.19. The molecule has 0 saturated carbocycles. The summed E-state index contributed by atoms with van der Waals surface area (Å²) in [4.78, 5) is 0. The van der Waals surface area contributed by atoms with Crippen LogP contribution in [0.1, 0.15) is 16.7 Å². The fourth-order valence-electron chi connectivity index (χ4n) is 1.71. The highest BCUT2D eigenvalue weighted by molar-refractivity contribution is 5.53. The molecule has 0 heterocycles. The molecule has 0 spiro atoms. The zero-order valence-corrected chi connectivity index (χ0v) is 10.4. The number of rotatable bonds is 2. The quantitative estimate of drug-likeness (QED) is 0.814. The molecular formula is C15H14N2O. The molecule has 3 heteroatoms. The monoisotopic (exact) mass is 238 g/mol. The molecule has 18 heavy (non-hydrogen) atoms. The van der Waals surface area contributed by atoms with Crippen LogP contribution in [0.25, 0.3) is 0 Å². The van der Waals surface area contributed by atoms with E-state index >= 15 is 0 Å². The molecule has 2 rings (SSSR count). The Hall–Kier alpha value is -2.47. The van der Waals surface area contributed by atoms with Crippen LogP contribution in [0, 0.1) is 25.2 Å². The first-order valence-corrected chi connectivity index (χ1v) is 5.65. The van der Waals surface area contributed by atoms with E-state index in [9.17, 15) is 0 Å². The van der Waals surface area contributed by atoms with Gasteiger partial charge in [0, 0.05) is 11.8 Å². The van der Waals surface area contributed by atoms with Gasteiger partial charge in [0.25, 0.3) is 0 Å². The Morgan fingerprint density at radius 2 is 1.89 bits per heavy atom. The standard InChI is InChI=1S/C15H14N2O/c1-10-6-7-13(17)8-14(10)18-15-11(2)4-3-5-12(15)9-16/h3-8H,17H2,1-2H3. The van der Waals surface area contributed by atoms with E-state index in [0.717, 1.165) is 11.1 Å². The minimum Gasteiger partial charge on any atom is -0.455 e. The number of nitrogen functional groups attached to an aromatic ring is 1. The normalized spacial score (nSPS) is 9.83. The van der Waals surface area contributed by atoms with Gasteiger partial charge in [-0.3, -0.25) is 0 Å². The number of nitrogens with zero attached hydrogens (tertiary/aromatic N) is 1. The summed E-state index contributed by atoms with van der Waals surface area (Å²) in [7, 11) is 0. The summed E-state index contributed by atoms with van der Waals surface area (Å²) in [5.41, 5.74) is 8.82. The number of anilines is 1. The molecule has 0 amide bonds. The van der Waals surface area contributed by atoms with E-state index in [4.69, 9.17) is 15.7 Å². The molecule has 0 fully saturated rings. The zero-order valence-electron chi connectivity index (χ0n) is 10.4. The van der Waals surface area contributed by atoms with E-state index < -0.39 is 0 Å². The molecule has 0 unspecified atom stereocenters. The molecule has 0 bridgehead atoms. The first-order chi connectivity index (χ1) is 8.61. The van der Waals surface area contributed by atoms with Crippen molar-refractivity contribution < 1.29 is 4.74 Å². The second-order valence-corrected chi connectivity index (χ2v) is 4.19. The van der Waals surface area contributed by atoms with Gasteiger partial charge in [0.05, 0.1) is 5.56 Å². The van der Waals surface area contributed by atoms with Crippen LogP contribution in [0.4, 0.5) is 5.69 Å². The Labute approximate surface area is 106 Å². The predicted octanol–water partition coefficient (Wildman–Crippen LogP) is 3.55. The predicted molar refractivity (Wildman–Crippen MR) is 71.6 cm³/mol. The first kappa shape index (κ1) is 12.0. The van der Waals surface area contributed by atoms with Gasteiger partial charge in [-0.1, -0.05) is 18.2 Å². The van der Waals surface area contributed by atoms with Crippen LogP contribution in [-0.2, 0) is 0 Å². The van der Waals surface area contributed by atoms with Crippen LogP contribution in [0.5, 0.6) is 11.5 Å². The Bertz CT molecular complexity index is 627. The van der Waals surface area contributed by atoms with E-state index in [0.29, 0.717) is 22.7 Å². The molecule has 0 aliphatic rings. The van der Waals surface area contributed by atoms with Gasteiger partial charge in [0.2, 0.25) is 0 Å². The van der Waals surface area contributed by atoms with Gasteiger partial charge < -0.3 is 10.5 Å². The van der Waals surface area contributed by atoms with E-state index in [1.165, 1.54) is 0 Å². The molecule has 2 N–H and O–H groups in total. The molecule has 0 aromatic heterocycles. The number of hydrogen-bond donors (Lipinski definition) is 1. The number of aryl methyl sites for hydroxylation is 2. The molecule has 3 nitrogen and oxygen atoms in total. The lowest BCUT2D eigenvalue weighted by Gasteiger charge is -2.12. The summed E-state index contributed by atoms with van der Waals surface area (Å²) in [6.45, 7) is 3.86. The number of hydrogen-bond acceptors (Lipinski definition) is 3. The SMILES string of the molecule is Cc1ccc(N)cc1Oc1c(C)cccc1C#N. The molecule has 0 aliphatic carbocycles. The van der Waals surface area contributed by atoms with Crippen LogP contribution >= 0.6 is 0 Å². The lowest BCUT2D eigenvalue weighted by Crippen LogP contribution is -1.94. The zero-order chi connectivity index (χ0) is 13.1. The average Bonchev–Trinajstić information content (AvgIpc) is 2.36. The van der Waals surface area contributed by atoms with Crippen molar-refractivity contribution in [1.29, 1.82) is 5.26 Å². The molecule has 0 atom stereocenters. The summed E-state index contributed by atoms with van der Waals surface area (Å²) < 4.78 is 5.84. The summed E-state index contributed by atoms with van der Waals surface area (Å²) in [5.74, 6) is 1.27.